The van der Waals surface area contributed by atoms with E-state index in [1.807, 2.05) is 10.8 Å². The van der Waals surface area contributed by atoms with Crippen molar-refractivity contribution in [3.05, 3.63) is 29.3 Å². The molecule has 2 aromatic rings. The van der Waals surface area contributed by atoms with Crippen molar-refractivity contribution >= 4 is 22.0 Å². The van der Waals surface area contributed by atoms with E-state index in [0.717, 1.165) is 30.4 Å². The van der Waals surface area contributed by atoms with E-state index >= 15 is 0 Å². The molecule has 0 fully saturated rings. The average molecular weight is 393 g/mol. The zero-order valence-corrected chi connectivity index (χ0v) is 15.7. The first-order valence-corrected chi connectivity index (χ1v) is 9.70. The Labute approximate surface area is 156 Å². The molecule has 0 spiro atoms. The molecule has 0 radical (unpaired) electrons. The molecule has 144 valence electrons. The number of nitrogens with zero attached hydrogens (tertiary/aromatic N) is 3. The molecule has 0 saturated heterocycles. The smallest absolute Gasteiger partial charge is 0.335 e. The minimum atomic E-state index is -4.05. The summed E-state index contributed by atoms with van der Waals surface area (Å²) in [5.41, 5.74) is 1.75. The first-order valence-electron chi connectivity index (χ1n) is 8.21. The van der Waals surface area contributed by atoms with Crippen LogP contribution in [0.3, 0.4) is 0 Å². The predicted octanol–water partition coefficient (Wildman–Crippen LogP) is 1.28. The van der Waals surface area contributed by atoms with Crippen LogP contribution in [0.25, 0.3) is 0 Å². The van der Waals surface area contributed by atoms with Crippen LogP contribution in [0.4, 0.5) is 10.7 Å². The number of methoxy groups -OCH3 is 2. The maximum absolute atomic E-state index is 12.7. The molecule has 1 aromatic heterocycles. The Hall–Kier alpha value is -2.95. The number of sulfonamides is 1. The number of anilines is 1. The van der Waals surface area contributed by atoms with Crippen molar-refractivity contribution < 1.29 is 22.7 Å². The first-order chi connectivity index (χ1) is 12.9. The molecule has 10 nitrogen and oxygen atoms in total. The number of carbonyl (C=O) groups is 1. The Kier molecular flexibility index (Phi) is 5.40. The van der Waals surface area contributed by atoms with Crippen molar-refractivity contribution in [3.63, 3.8) is 0 Å². The monoisotopic (exact) mass is 393 g/mol. The van der Waals surface area contributed by atoms with Crippen molar-refractivity contribution in [1.29, 1.82) is 0 Å². The second-order valence-electron chi connectivity index (χ2n) is 5.79. The second kappa shape index (κ2) is 7.74. The van der Waals surface area contributed by atoms with Gasteiger partial charge in [-0.1, -0.05) is 12.1 Å². The van der Waals surface area contributed by atoms with Gasteiger partial charge in [0.25, 0.3) is 10.0 Å². The van der Waals surface area contributed by atoms with E-state index in [9.17, 15) is 13.2 Å². The molecule has 3 rings (SSSR count). The zero-order chi connectivity index (χ0) is 19.4. The van der Waals surface area contributed by atoms with Gasteiger partial charge in [-0.25, -0.2) is 17.9 Å². The molecule has 1 aliphatic carbocycles. The molecule has 0 bridgehead atoms. The molecule has 2 N–H and O–H groups in total. The van der Waals surface area contributed by atoms with E-state index in [-0.39, 0.29) is 22.9 Å². The number of aryl methyl sites for hydroxylation is 1. The number of carbonyl (C=O) groups excluding carboxylic acids is 1. The highest BCUT2D eigenvalue weighted by Gasteiger charge is 2.24. The van der Waals surface area contributed by atoms with Gasteiger partial charge in [-0.3, -0.25) is 5.32 Å². The summed E-state index contributed by atoms with van der Waals surface area (Å²) in [7, 11) is -1.38. The molecule has 0 aliphatic heterocycles. The van der Waals surface area contributed by atoms with Crippen LogP contribution < -0.4 is 19.5 Å². The number of fused-ring (bicyclic) bond motifs is 1. The van der Waals surface area contributed by atoms with Crippen LogP contribution in [0.2, 0.25) is 0 Å². The number of hydrogen-bond acceptors (Lipinski definition) is 8. The summed E-state index contributed by atoms with van der Waals surface area (Å²) < 4.78 is 37.1. The lowest BCUT2D eigenvalue weighted by atomic mass is 9.92. The van der Waals surface area contributed by atoms with Crippen LogP contribution in [0.1, 0.15) is 24.0 Å². The summed E-state index contributed by atoms with van der Waals surface area (Å²) >= 11 is 0. The number of benzene rings is 1. The lowest BCUT2D eigenvalue weighted by Gasteiger charge is -2.19. The van der Waals surface area contributed by atoms with Crippen LogP contribution in [-0.4, -0.2) is 43.6 Å². The minimum Gasteiger partial charge on any atom is -0.467 e. The number of urea groups is 1. The molecule has 0 saturated carbocycles. The fraction of sp³-hybridized carbons (Fsp3) is 0.375. The van der Waals surface area contributed by atoms with Crippen molar-refractivity contribution in [2.75, 3.05) is 19.5 Å². The third-order valence-corrected chi connectivity index (χ3v) is 5.47. The maximum Gasteiger partial charge on any atom is 0.335 e. The number of amides is 2. The van der Waals surface area contributed by atoms with Gasteiger partial charge in [0.15, 0.2) is 0 Å². The van der Waals surface area contributed by atoms with Crippen molar-refractivity contribution in [3.8, 4) is 12.0 Å². The van der Waals surface area contributed by atoms with Crippen LogP contribution in [-0.2, 0) is 22.9 Å². The largest absolute Gasteiger partial charge is 0.467 e. The lowest BCUT2D eigenvalue weighted by Crippen LogP contribution is -2.35. The second-order valence-corrected chi connectivity index (χ2v) is 7.44. The normalized spacial score (nSPS) is 13.4. The fourth-order valence-electron chi connectivity index (χ4n) is 2.88. The third-order valence-electron chi connectivity index (χ3n) is 4.05. The highest BCUT2D eigenvalue weighted by atomic mass is 32.2. The highest BCUT2D eigenvalue weighted by Crippen LogP contribution is 2.27. The summed E-state index contributed by atoms with van der Waals surface area (Å²) in [5, 5.41) is 2.25. The summed E-state index contributed by atoms with van der Waals surface area (Å²) in [6.45, 7) is 0. The van der Waals surface area contributed by atoms with E-state index in [0.29, 0.717) is 6.42 Å². The Morgan fingerprint density at radius 2 is 1.70 bits per heavy atom. The van der Waals surface area contributed by atoms with E-state index in [1.165, 1.54) is 20.3 Å². The third kappa shape index (κ3) is 4.25. The molecule has 1 aliphatic rings. The number of rotatable bonds is 5. The number of hydrogen-bond donors (Lipinski definition) is 2. The van der Waals surface area contributed by atoms with E-state index < -0.39 is 16.1 Å². The molecule has 27 heavy (non-hydrogen) atoms. The molecule has 1 heterocycles. The highest BCUT2D eigenvalue weighted by molar-refractivity contribution is 7.90. The van der Waals surface area contributed by atoms with Crippen molar-refractivity contribution in [2.45, 2.75) is 30.6 Å². The van der Waals surface area contributed by atoms with Gasteiger partial charge in [-0.15, -0.1) is 4.98 Å². The van der Waals surface area contributed by atoms with Gasteiger partial charge in [0.05, 0.1) is 19.1 Å². The van der Waals surface area contributed by atoms with E-state index in [2.05, 4.69) is 20.3 Å². The summed E-state index contributed by atoms with van der Waals surface area (Å²) in [6.07, 6.45) is 3.43. The Morgan fingerprint density at radius 3 is 2.37 bits per heavy atom. The van der Waals surface area contributed by atoms with Gasteiger partial charge < -0.3 is 9.47 Å². The SMILES string of the molecule is COc1nc(NC(=O)NS(=O)(=O)c2cccc3c2CCCC3)nc(OC)n1. The topological polar surface area (TPSA) is 132 Å². The van der Waals surface area contributed by atoms with Gasteiger partial charge in [0, 0.05) is 0 Å². The van der Waals surface area contributed by atoms with Gasteiger partial charge in [-0.2, -0.15) is 9.97 Å². The number of nitrogens with one attached hydrogen (secondary N) is 2. The van der Waals surface area contributed by atoms with Crippen LogP contribution >= 0.6 is 0 Å². The van der Waals surface area contributed by atoms with Crippen LogP contribution in [0, 0.1) is 0 Å². The quantitative estimate of drug-likeness (QED) is 0.776. The molecule has 1 aromatic carbocycles. The minimum absolute atomic E-state index is 0.0860. The Bertz CT molecular complexity index is 941. The molecule has 2 amide bonds. The molecular formula is C16H19N5O5S. The van der Waals surface area contributed by atoms with Gasteiger partial charge in [-0.05, 0) is 42.9 Å². The first kappa shape index (κ1) is 18.8. The van der Waals surface area contributed by atoms with Crippen molar-refractivity contribution in [2.24, 2.45) is 0 Å². The fourth-order valence-corrected chi connectivity index (χ4v) is 4.10. The van der Waals surface area contributed by atoms with E-state index in [1.54, 1.807) is 6.07 Å². The summed E-state index contributed by atoms with van der Waals surface area (Å²) in [5.74, 6) is -0.207. The standard InChI is InChI=1S/C16H19N5O5S/c1-25-15-18-13(19-16(20-15)26-2)17-14(22)21-27(23,24)12-9-5-7-10-6-3-4-8-11(10)12/h5,7,9H,3-4,6,8H2,1-2H3,(H2,17,18,19,20,21,22). The van der Waals surface area contributed by atoms with Gasteiger partial charge >= 0.3 is 18.1 Å². The van der Waals surface area contributed by atoms with E-state index in [4.69, 9.17) is 9.47 Å². The number of aromatic nitrogens is 3. The summed E-state index contributed by atoms with van der Waals surface area (Å²) in [6, 6.07) is 3.91. The lowest BCUT2D eigenvalue weighted by molar-refractivity contribution is 0.256. The predicted molar refractivity (Wildman–Crippen MR) is 95.4 cm³/mol. The van der Waals surface area contributed by atoms with Crippen LogP contribution in [0.5, 0.6) is 12.0 Å². The average Bonchev–Trinajstić information content (AvgIpc) is 2.66. The Balaban J connectivity index is 1.80. The van der Waals surface area contributed by atoms with Crippen molar-refractivity contribution in [1.82, 2.24) is 19.7 Å². The molecular weight excluding hydrogens is 374 g/mol. The molecule has 11 heteroatoms. The zero-order valence-electron chi connectivity index (χ0n) is 14.9. The molecule has 0 atom stereocenters. The maximum atomic E-state index is 12.7. The molecule has 0 unspecified atom stereocenters. The van der Waals surface area contributed by atoms with Gasteiger partial charge in [0.1, 0.15) is 0 Å². The number of ether oxygens (including phenoxy) is 2. The Morgan fingerprint density at radius 1 is 1.04 bits per heavy atom. The summed E-state index contributed by atoms with van der Waals surface area (Å²) in [4.78, 5) is 23.7. The van der Waals surface area contributed by atoms with Crippen LogP contribution in [0.15, 0.2) is 23.1 Å². The van der Waals surface area contributed by atoms with Gasteiger partial charge in [0.2, 0.25) is 5.95 Å².